The molecule has 1 saturated heterocycles. The molecule has 0 radical (unpaired) electrons. The first-order valence-electron chi connectivity index (χ1n) is 9.57. The summed E-state index contributed by atoms with van der Waals surface area (Å²) in [5.74, 6) is -2.22. The van der Waals surface area contributed by atoms with Gasteiger partial charge < -0.3 is 10.1 Å². The molecule has 1 atom stereocenters. The maximum Gasteiger partial charge on any atom is 0.391 e. The minimum Gasteiger partial charge on any atom is -0.369 e. The molecule has 0 aromatic carbocycles. The van der Waals surface area contributed by atoms with E-state index in [2.05, 4.69) is 22.0 Å². The molecule has 3 rings (SSSR count). The lowest BCUT2D eigenvalue weighted by atomic mass is 9.80. The zero-order valence-electron chi connectivity index (χ0n) is 16.2. The number of hydrogen-bond donors (Lipinski definition) is 1. The molecule has 0 spiro atoms. The van der Waals surface area contributed by atoms with E-state index in [9.17, 15) is 13.2 Å². The zero-order valence-corrected chi connectivity index (χ0v) is 16.2. The van der Waals surface area contributed by atoms with Crippen molar-refractivity contribution in [3.05, 3.63) is 18.1 Å². The van der Waals surface area contributed by atoms with Crippen molar-refractivity contribution in [1.82, 2.24) is 15.1 Å². The Bertz CT molecular complexity index is 738. The monoisotopic (exact) mass is 402 g/mol. The van der Waals surface area contributed by atoms with Gasteiger partial charge in [0.25, 0.3) is 0 Å². The predicted octanol–water partition coefficient (Wildman–Crippen LogP) is 4.43. The molecule has 9 heteroatoms. The number of nitrogens with zero attached hydrogens (tertiary/aromatic N) is 3. The van der Waals surface area contributed by atoms with Gasteiger partial charge in [-0.1, -0.05) is 6.58 Å². The summed E-state index contributed by atoms with van der Waals surface area (Å²) in [5, 5.41) is 7.58. The summed E-state index contributed by atoms with van der Waals surface area (Å²) in [7, 11) is 0. The Morgan fingerprint density at radius 3 is 2.46 bits per heavy atom. The van der Waals surface area contributed by atoms with E-state index in [1.54, 1.807) is 13.8 Å². The van der Waals surface area contributed by atoms with E-state index in [0.29, 0.717) is 24.6 Å². The number of morpholine rings is 1. The summed E-state index contributed by atoms with van der Waals surface area (Å²) in [6.45, 7) is 9.26. The first kappa shape index (κ1) is 21.0. The highest BCUT2D eigenvalue weighted by molar-refractivity contribution is 5.82. The molecule has 2 fully saturated rings. The molecule has 5 nitrogen and oxygen atoms in total. The standard InChI is InChI=1S/C19H26F4N4O/c1-11(2)25-18-16(20)17(13-4-6-14(7-5-13)19(21,22)23)26-27(18)12(3)15-10-24-8-9-28-15/h13-15,24H,3-10H2,1-2H3/t13?,14?,15-/m0/s1. The Morgan fingerprint density at radius 1 is 1.25 bits per heavy atom. The van der Waals surface area contributed by atoms with Gasteiger partial charge in [-0.25, -0.2) is 14.1 Å². The number of aromatic nitrogens is 2. The summed E-state index contributed by atoms with van der Waals surface area (Å²) in [6.07, 6.45) is -4.09. The highest BCUT2D eigenvalue weighted by Gasteiger charge is 2.42. The van der Waals surface area contributed by atoms with Crippen LogP contribution in [0.25, 0.3) is 5.70 Å². The average Bonchev–Trinajstić information content (AvgIpc) is 2.97. The third-order valence-electron chi connectivity index (χ3n) is 5.31. The van der Waals surface area contributed by atoms with Crippen molar-refractivity contribution in [3.8, 4) is 0 Å². The maximum atomic E-state index is 15.2. The first-order valence-corrected chi connectivity index (χ1v) is 9.57. The number of ether oxygens (including phenoxy) is 1. The number of alkyl halides is 3. The zero-order chi connectivity index (χ0) is 20.5. The Balaban J connectivity index is 1.88. The Hall–Kier alpha value is -1.74. The van der Waals surface area contributed by atoms with Crippen molar-refractivity contribution in [1.29, 1.82) is 0 Å². The Labute approximate surface area is 161 Å². The summed E-state index contributed by atoms with van der Waals surface area (Å²) in [4.78, 5) is 4.27. The van der Waals surface area contributed by atoms with E-state index in [-0.39, 0.29) is 49.2 Å². The third kappa shape index (κ3) is 4.46. The van der Waals surface area contributed by atoms with Crippen LogP contribution >= 0.6 is 0 Å². The van der Waals surface area contributed by atoms with Gasteiger partial charge in [-0.2, -0.15) is 18.3 Å². The second-order valence-corrected chi connectivity index (χ2v) is 7.64. The van der Waals surface area contributed by atoms with Crippen LogP contribution in [0.2, 0.25) is 0 Å². The highest BCUT2D eigenvalue weighted by Crippen LogP contribution is 2.44. The van der Waals surface area contributed by atoms with Crippen LogP contribution in [-0.4, -0.2) is 47.5 Å². The summed E-state index contributed by atoms with van der Waals surface area (Å²) in [5.41, 5.74) is 1.27. The fourth-order valence-corrected chi connectivity index (χ4v) is 3.79. The van der Waals surface area contributed by atoms with Crippen LogP contribution < -0.4 is 5.32 Å². The van der Waals surface area contributed by atoms with Crippen LogP contribution in [0.4, 0.5) is 23.4 Å². The normalized spacial score (nSPS) is 26.1. The third-order valence-corrected chi connectivity index (χ3v) is 5.31. The summed E-state index contributed by atoms with van der Waals surface area (Å²) < 4.78 is 61.0. The quantitative estimate of drug-likeness (QED) is 0.599. The molecule has 2 aliphatic rings. The molecule has 1 aliphatic heterocycles. The molecule has 28 heavy (non-hydrogen) atoms. The van der Waals surface area contributed by atoms with Crippen LogP contribution in [0, 0.1) is 11.7 Å². The molecule has 0 bridgehead atoms. The fraction of sp³-hybridized carbons (Fsp3) is 0.684. The largest absolute Gasteiger partial charge is 0.391 e. The van der Waals surface area contributed by atoms with E-state index < -0.39 is 17.9 Å². The van der Waals surface area contributed by atoms with Gasteiger partial charge in [-0.15, -0.1) is 0 Å². The molecule has 0 amide bonds. The van der Waals surface area contributed by atoms with Gasteiger partial charge in [-0.05, 0) is 39.5 Å². The molecule has 1 N–H and O–H groups in total. The fourth-order valence-electron chi connectivity index (χ4n) is 3.79. The van der Waals surface area contributed by atoms with Crippen LogP contribution in [0.15, 0.2) is 11.6 Å². The minimum absolute atomic E-state index is 0.0114. The Kier molecular flexibility index (Phi) is 6.24. The molecular formula is C19H26F4N4O. The van der Waals surface area contributed by atoms with Crippen molar-refractivity contribution >= 4 is 17.2 Å². The maximum absolute atomic E-state index is 15.2. The minimum atomic E-state index is -4.20. The van der Waals surface area contributed by atoms with Gasteiger partial charge in [0, 0.05) is 24.7 Å². The van der Waals surface area contributed by atoms with Gasteiger partial charge in [0.15, 0.2) is 11.6 Å². The molecule has 1 aliphatic carbocycles. The van der Waals surface area contributed by atoms with E-state index >= 15 is 4.39 Å². The van der Waals surface area contributed by atoms with Gasteiger partial charge in [0.1, 0.15) is 11.8 Å². The van der Waals surface area contributed by atoms with Crippen LogP contribution in [0.3, 0.4) is 0 Å². The number of halogens is 4. The Morgan fingerprint density at radius 2 is 1.93 bits per heavy atom. The van der Waals surface area contributed by atoms with Crippen molar-refractivity contribution in [2.24, 2.45) is 10.9 Å². The van der Waals surface area contributed by atoms with Gasteiger partial charge in [0.2, 0.25) is 0 Å². The van der Waals surface area contributed by atoms with E-state index in [1.807, 2.05) is 0 Å². The number of aliphatic imine (C=N–C) groups is 1. The highest BCUT2D eigenvalue weighted by atomic mass is 19.4. The lowest BCUT2D eigenvalue weighted by molar-refractivity contribution is -0.182. The lowest BCUT2D eigenvalue weighted by Gasteiger charge is -2.29. The average molecular weight is 402 g/mol. The van der Waals surface area contributed by atoms with Crippen molar-refractivity contribution in [2.45, 2.75) is 57.7 Å². The van der Waals surface area contributed by atoms with Gasteiger partial charge in [-0.3, -0.25) is 0 Å². The van der Waals surface area contributed by atoms with Crippen LogP contribution in [0.1, 0.15) is 51.1 Å². The van der Waals surface area contributed by atoms with E-state index in [0.717, 1.165) is 6.54 Å². The van der Waals surface area contributed by atoms with Crippen LogP contribution in [0.5, 0.6) is 0 Å². The van der Waals surface area contributed by atoms with Crippen molar-refractivity contribution in [2.75, 3.05) is 19.7 Å². The van der Waals surface area contributed by atoms with Crippen molar-refractivity contribution in [3.63, 3.8) is 0 Å². The number of hydrogen-bond acceptors (Lipinski definition) is 4. The smallest absolute Gasteiger partial charge is 0.369 e. The van der Waals surface area contributed by atoms with E-state index in [1.165, 1.54) is 4.68 Å². The molecule has 2 heterocycles. The summed E-state index contributed by atoms with van der Waals surface area (Å²) in [6, 6.07) is 0. The van der Waals surface area contributed by atoms with Gasteiger partial charge in [0.05, 0.1) is 18.2 Å². The predicted molar refractivity (Wildman–Crippen MR) is 99.3 cm³/mol. The van der Waals surface area contributed by atoms with Crippen LogP contribution in [-0.2, 0) is 4.74 Å². The summed E-state index contributed by atoms with van der Waals surface area (Å²) >= 11 is 0. The lowest BCUT2D eigenvalue weighted by Crippen LogP contribution is -2.40. The molecule has 1 aromatic rings. The molecular weight excluding hydrogens is 376 g/mol. The second kappa shape index (κ2) is 8.32. The topological polar surface area (TPSA) is 51.4 Å². The second-order valence-electron chi connectivity index (χ2n) is 7.64. The molecule has 0 unspecified atom stereocenters. The first-order chi connectivity index (χ1) is 13.2. The molecule has 1 aromatic heterocycles. The van der Waals surface area contributed by atoms with Crippen molar-refractivity contribution < 1.29 is 22.3 Å². The van der Waals surface area contributed by atoms with E-state index in [4.69, 9.17) is 4.74 Å². The number of nitrogens with one attached hydrogen (secondary N) is 1. The SMILES string of the molecule is C=C([C@@H]1CNCCO1)n1nc(C2CCC(C(F)(F)F)CC2)c(F)c1N=C(C)C. The molecule has 1 saturated carbocycles. The van der Waals surface area contributed by atoms with Gasteiger partial charge >= 0.3 is 6.18 Å². The number of rotatable bonds is 4. The molecule has 156 valence electrons.